The zero-order valence-electron chi connectivity index (χ0n) is 14.4. The molecule has 1 saturated carbocycles. The fourth-order valence-electron chi connectivity index (χ4n) is 4.12. The summed E-state index contributed by atoms with van der Waals surface area (Å²) in [4.78, 5) is 28.4. The molecule has 0 N–H and O–H groups in total. The maximum atomic E-state index is 12.5. The molecule has 2 aliphatic rings. The van der Waals surface area contributed by atoms with Gasteiger partial charge in [0.25, 0.3) is 0 Å². The Morgan fingerprint density at radius 2 is 1.82 bits per heavy atom. The molecule has 0 aromatic heterocycles. The fraction of sp³-hybridized carbons (Fsp3) is 0.889. The number of carbonyl (C=O) groups excluding carboxylic acids is 2. The lowest BCUT2D eigenvalue weighted by Gasteiger charge is -2.44. The maximum absolute atomic E-state index is 12.5. The average Bonchev–Trinajstić information content (AvgIpc) is 2.54. The minimum atomic E-state index is 0.170. The number of piperidine rings is 1. The van der Waals surface area contributed by atoms with Crippen molar-refractivity contribution in [1.29, 1.82) is 0 Å². The summed E-state index contributed by atoms with van der Waals surface area (Å²) in [5, 5.41) is 0. The molecule has 2 fully saturated rings. The Hall–Kier alpha value is -1.06. The Balaban J connectivity index is 1.75. The van der Waals surface area contributed by atoms with E-state index in [2.05, 4.69) is 11.8 Å². The molecular formula is C18H32N2O2. The van der Waals surface area contributed by atoms with E-state index in [0.29, 0.717) is 25.3 Å². The van der Waals surface area contributed by atoms with Crippen molar-refractivity contribution in [3.8, 4) is 0 Å². The summed E-state index contributed by atoms with van der Waals surface area (Å²) in [5.74, 6) is 1.19. The Morgan fingerprint density at radius 1 is 1.09 bits per heavy atom. The normalized spacial score (nSPS) is 24.7. The minimum Gasteiger partial charge on any atom is -0.346 e. The van der Waals surface area contributed by atoms with E-state index in [1.165, 1.54) is 32.1 Å². The third-order valence-electron chi connectivity index (χ3n) is 5.33. The van der Waals surface area contributed by atoms with E-state index in [9.17, 15) is 9.59 Å². The van der Waals surface area contributed by atoms with E-state index in [1.54, 1.807) is 4.90 Å². The van der Waals surface area contributed by atoms with Gasteiger partial charge in [0.15, 0.2) is 0 Å². The second-order valence-corrected chi connectivity index (χ2v) is 7.01. The highest BCUT2D eigenvalue weighted by atomic mass is 16.2. The third kappa shape index (κ3) is 4.47. The molecule has 126 valence electrons. The molecule has 2 amide bonds. The molecule has 1 aliphatic heterocycles. The van der Waals surface area contributed by atoms with E-state index in [0.717, 1.165) is 31.8 Å². The molecule has 0 aromatic rings. The monoisotopic (exact) mass is 308 g/mol. The largest absolute Gasteiger partial charge is 0.346 e. The number of hydrogen-bond donors (Lipinski definition) is 0. The fourth-order valence-corrected chi connectivity index (χ4v) is 4.12. The lowest BCUT2D eigenvalue weighted by atomic mass is 9.78. The number of amides is 2. The highest BCUT2D eigenvalue weighted by Crippen LogP contribution is 2.35. The van der Waals surface area contributed by atoms with Gasteiger partial charge < -0.3 is 9.80 Å². The van der Waals surface area contributed by atoms with Crippen LogP contribution in [0, 0.1) is 5.92 Å². The van der Waals surface area contributed by atoms with Gasteiger partial charge in [-0.1, -0.05) is 19.8 Å². The first-order valence-corrected chi connectivity index (χ1v) is 9.17. The lowest BCUT2D eigenvalue weighted by molar-refractivity contribution is -0.137. The van der Waals surface area contributed by atoms with Gasteiger partial charge in [0.05, 0.1) is 0 Å². The molecule has 1 saturated heterocycles. The van der Waals surface area contributed by atoms with Gasteiger partial charge in [-0.2, -0.15) is 0 Å². The predicted molar refractivity (Wildman–Crippen MR) is 88.5 cm³/mol. The second kappa shape index (κ2) is 8.54. The molecule has 22 heavy (non-hydrogen) atoms. The van der Waals surface area contributed by atoms with Gasteiger partial charge in [-0.3, -0.25) is 9.59 Å². The standard InChI is InChI=1S/C18H32N2O2/c1-3-13-19(2)17(21)11-6-12-18(22)20-14-7-9-15-8-4-5-10-16(15)20/h15-16H,3-14H2,1-2H3. The number of nitrogens with zero attached hydrogens (tertiary/aromatic N) is 2. The van der Waals surface area contributed by atoms with Crippen LogP contribution in [0.2, 0.25) is 0 Å². The van der Waals surface area contributed by atoms with E-state index in [4.69, 9.17) is 0 Å². The number of carbonyl (C=O) groups is 2. The van der Waals surface area contributed by atoms with Crippen LogP contribution < -0.4 is 0 Å². The zero-order valence-corrected chi connectivity index (χ0v) is 14.4. The van der Waals surface area contributed by atoms with E-state index < -0.39 is 0 Å². The molecule has 2 unspecified atom stereocenters. The van der Waals surface area contributed by atoms with Crippen LogP contribution in [-0.4, -0.2) is 47.8 Å². The van der Waals surface area contributed by atoms with Gasteiger partial charge in [-0.15, -0.1) is 0 Å². The SMILES string of the molecule is CCCN(C)C(=O)CCCC(=O)N1CCCC2CCCCC21. The summed E-state index contributed by atoms with van der Waals surface area (Å²) in [6.07, 6.45) is 10.3. The Labute approximate surface area is 135 Å². The van der Waals surface area contributed by atoms with Crippen LogP contribution in [-0.2, 0) is 9.59 Å². The number of likely N-dealkylation sites (tertiary alicyclic amines) is 1. The van der Waals surface area contributed by atoms with Crippen molar-refractivity contribution < 1.29 is 9.59 Å². The molecule has 1 heterocycles. The van der Waals surface area contributed by atoms with Crippen LogP contribution in [0.15, 0.2) is 0 Å². The van der Waals surface area contributed by atoms with Gasteiger partial charge in [-0.05, 0) is 44.4 Å². The maximum Gasteiger partial charge on any atom is 0.222 e. The summed E-state index contributed by atoms with van der Waals surface area (Å²) in [6.45, 7) is 3.82. The van der Waals surface area contributed by atoms with Crippen LogP contribution in [0.25, 0.3) is 0 Å². The van der Waals surface area contributed by atoms with Gasteiger partial charge in [0.2, 0.25) is 11.8 Å². The van der Waals surface area contributed by atoms with Crippen LogP contribution in [0.4, 0.5) is 0 Å². The molecule has 0 bridgehead atoms. The van der Waals surface area contributed by atoms with Crippen molar-refractivity contribution in [1.82, 2.24) is 9.80 Å². The number of fused-ring (bicyclic) bond motifs is 1. The average molecular weight is 308 g/mol. The van der Waals surface area contributed by atoms with Crippen LogP contribution >= 0.6 is 0 Å². The quantitative estimate of drug-likeness (QED) is 0.756. The van der Waals surface area contributed by atoms with Crippen molar-refractivity contribution in [2.75, 3.05) is 20.1 Å². The molecule has 1 aliphatic carbocycles. The number of rotatable bonds is 6. The Kier molecular flexibility index (Phi) is 6.71. The lowest BCUT2D eigenvalue weighted by Crippen LogP contribution is -2.49. The summed E-state index contributed by atoms with van der Waals surface area (Å²) in [7, 11) is 1.85. The smallest absolute Gasteiger partial charge is 0.222 e. The van der Waals surface area contributed by atoms with Gasteiger partial charge in [0.1, 0.15) is 0 Å². The summed E-state index contributed by atoms with van der Waals surface area (Å²) in [5.41, 5.74) is 0. The van der Waals surface area contributed by atoms with Crippen molar-refractivity contribution in [2.45, 2.75) is 77.2 Å². The Bertz CT molecular complexity index is 381. The third-order valence-corrected chi connectivity index (χ3v) is 5.33. The van der Waals surface area contributed by atoms with Crippen molar-refractivity contribution >= 4 is 11.8 Å². The summed E-state index contributed by atoms with van der Waals surface area (Å²) in [6, 6.07) is 0.494. The van der Waals surface area contributed by atoms with E-state index in [-0.39, 0.29) is 11.8 Å². The molecular weight excluding hydrogens is 276 g/mol. The molecule has 4 nitrogen and oxygen atoms in total. The zero-order chi connectivity index (χ0) is 15.9. The predicted octanol–water partition coefficient (Wildman–Crippen LogP) is 3.21. The van der Waals surface area contributed by atoms with E-state index >= 15 is 0 Å². The first-order valence-electron chi connectivity index (χ1n) is 9.17. The highest BCUT2D eigenvalue weighted by molar-refractivity contribution is 5.79. The Morgan fingerprint density at radius 3 is 2.59 bits per heavy atom. The molecule has 0 spiro atoms. The highest BCUT2D eigenvalue weighted by Gasteiger charge is 2.35. The first kappa shape index (κ1) is 17.3. The first-order chi connectivity index (χ1) is 10.6. The molecule has 4 heteroatoms. The summed E-state index contributed by atoms with van der Waals surface area (Å²) < 4.78 is 0. The van der Waals surface area contributed by atoms with Crippen molar-refractivity contribution in [3.63, 3.8) is 0 Å². The van der Waals surface area contributed by atoms with Crippen molar-refractivity contribution in [2.24, 2.45) is 5.92 Å². The molecule has 0 aromatic carbocycles. The second-order valence-electron chi connectivity index (χ2n) is 7.01. The van der Waals surface area contributed by atoms with E-state index in [1.807, 2.05) is 7.05 Å². The molecule has 2 rings (SSSR count). The molecule has 0 radical (unpaired) electrons. The topological polar surface area (TPSA) is 40.6 Å². The summed E-state index contributed by atoms with van der Waals surface area (Å²) >= 11 is 0. The number of hydrogen-bond acceptors (Lipinski definition) is 2. The van der Waals surface area contributed by atoms with Gasteiger partial charge in [-0.25, -0.2) is 0 Å². The van der Waals surface area contributed by atoms with Crippen LogP contribution in [0.3, 0.4) is 0 Å². The van der Waals surface area contributed by atoms with Crippen molar-refractivity contribution in [3.05, 3.63) is 0 Å². The van der Waals surface area contributed by atoms with Gasteiger partial charge in [0, 0.05) is 39.0 Å². The molecule has 2 atom stereocenters. The van der Waals surface area contributed by atoms with Crippen LogP contribution in [0.1, 0.15) is 71.1 Å². The van der Waals surface area contributed by atoms with Crippen LogP contribution in [0.5, 0.6) is 0 Å². The van der Waals surface area contributed by atoms with Gasteiger partial charge >= 0.3 is 0 Å². The minimum absolute atomic E-state index is 0.170.